The summed E-state index contributed by atoms with van der Waals surface area (Å²) in [6.07, 6.45) is 0. The highest BCUT2D eigenvalue weighted by atomic mass is 35.5. The van der Waals surface area contributed by atoms with Crippen molar-refractivity contribution in [2.24, 2.45) is 0 Å². The molecule has 54 valence electrons. The minimum Gasteiger partial charge on any atom is -0.397 e. The fourth-order valence-corrected chi connectivity index (χ4v) is 0.922. The average molecular weight is 157 g/mol. The van der Waals surface area contributed by atoms with Gasteiger partial charge in [-0.15, -0.1) is 0 Å². The standard InChI is InChI=1S/C7H9ClN2/c1-10(8)7-5-3-2-4-6(7)9/h2-5H,9H2,1H3. The second-order valence-electron chi connectivity index (χ2n) is 2.04. The molecular weight excluding hydrogens is 148 g/mol. The first kappa shape index (κ1) is 7.22. The van der Waals surface area contributed by atoms with Gasteiger partial charge < -0.3 is 5.73 Å². The molecule has 1 aromatic carbocycles. The summed E-state index contributed by atoms with van der Waals surface area (Å²) in [7, 11) is 1.74. The van der Waals surface area contributed by atoms with E-state index in [2.05, 4.69) is 0 Å². The van der Waals surface area contributed by atoms with E-state index < -0.39 is 0 Å². The fourth-order valence-electron chi connectivity index (χ4n) is 0.768. The van der Waals surface area contributed by atoms with E-state index in [1.165, 1.54) is 4.42 Å². The number of hydrogen-bond donors (Lipinski definition) is 1. The molecule has 0 saturated carbocycles. The number of hydrogen-bond acceptors (Lipinski definition) is 2. The van der Waals surface area contributed by atoms with Gasteiger partial charge in [-0.1, -0.05) is 12.1 Å². The van der Waals surface area contributed by atoms with E-state index in [1.54, 1.807) is 7.05 Å². The minimum absolute atomic E-state index is 0.694. The maximum atomic E-state index is 5.66. The Hall–Kier alpha value is -0.890. The first-order valence-corrected chi connectivity index (χ1v) is 3.29. The van der Waals surface area contributed by atoms with E-state index in [4.69, 9.17) is 17.5 Å². The van der Waals surface area contributed by atoms with E-state index in [0.29, 0.717) is 5.69 Å². The lowest BCUT2D eigenvalue weighted by Crippen LogP contribution is -2.03. The molecule has 0 amide bonds. The van der Waals surface area contributed by atoms with Crippen molar-refractivity contribution in [1.29, 1.82) is 0 Å². The molecule has 0 aliphatic heterocycles. The Morgan fingerprint density at radius 3 is 2.40 bits per heavy atom. The quantitative estimate of drug-likeness (QED) is 0.497. The van der Waals surface area contributed by atoms with Gasteiger partial charge in [0.25, 0.3) is 0 Å². The second-order valence-corrected chi connectivity index (χ2v) is 2.54. The van der Waals surface area contributed by atoms with E-state index in [1.807, 2.05) is 24.3 Å². The van der Waals surface area contributed by atoms with Gasteiger partial charge in [-0.2, -0.15) is 0 Å². The summed E-state index contributed by atoms with van der Waals surface area (Å²) in [6, 6.07) is 7.44. The van der Waals surface area contributed by atoms with Crippen molar-refractivity contribution in [2.75, 3.05) is 17.2 Å². The van der Waals surface area contributed by atoms with E-state index in [9.17, 15) is 0 Å². The van der Waals surface area contributed by atoms with Crippen molar-refractivity contribution >= 4 is 23.2 Å². The van der Waals surface area contributed by atoms with Crippen molar-refractivity contribution < 1.29 is 0 Å². The van der Waals surface area contributed by atoms with Crippen LogP contribution in [0.2, 0.25) is 0 Å². The number of para-hydroxylation sites is 2. The Bertz CT molecular complexity index is 223. The molecular formula is C7H9ClN2. The van der Waals surface area contributed by atoms with Crippen LogP contribution in [-0.4, -0.2) is 7.05 Å². The summed E-state index contributed by atoms with van der Waals surface area (Å²) < 4.78 is 1.47. The third kappa shape index (κ3) is 1.33. The van der Waals surface area contributed by atoms with Crippen LogP contribution in [0.4, 0.5) is 11.4 Å². The zero-order valence-electron chi connectivity index (χ0n) is 5.71. The van der Waals surface area contributed by atoms with Crippen molar-refractivity contribution in [2.45, 2.75) is 0 Å². The molecule has 0 aromatic heterocycles. The van der Waals surface area contributed by atoms with Gasteiger partial charge in [-0.3, -0.25) is 4.42 Å². The molecule has 0 saturated heterocycles. The van der Waals surface area contributed by atoms with Crippen LogP contribution in [0.3, 0.4) is 0 Å². The topological polar surface area (TPSA) is 29.3 Å². The van der Waals surface area contributed by atoms with Crippen LogP contribution in [0.25, 0.3) is 0 Å². The first-order chi connectivity index (χ1) is 4.72. The minimum atomic E-state index is 0.694. The van der Waals surface area contributed by atoms with Crippen LogP contribution in [0.5, 0.6) is 0 Å². The Morgan fingerprint density at radius 1 is 1.40 bits per heavy atom. The largest absolute Gasteiger partial charge is 0.397 e. The van der Waals surface area contributed by atoms with Crippen molar-refractivity contribution in [3.8, 4) is 0 Å². The zero-order chi connectivity index (χ0) is 7.56. The van der Waals surface area contributed by atoms with E-state index in [0.717, 1.165) is 5.69 Å². The van der Waals surface area contributed by atoms with Crippen LogP contribution in [0.15, 0.2) is 24.3 Å². The first-order valence-electron chi connectivity index (χ1n) is 2.96. The molecule has 10 heavy (non-hydrogen) atoms. The van der Waals surface area contributed by atoms with Crippen molar-refractivity contribution in [1.82, 2.24) is 0 Å². The Morgan fingerprint density at radius 2 is 2.00 bits per heavy atom. The summed E-state index contributed by atoms with van der Waals surface area (Å²) in [5, 5.41) is 0. The lowest BCUT2D eigenvalue weighted by atomic mass is 10.3. The molecule has 0 aliphatic carbocycles. The number of nitrogens with two attached hydrogens (primary N) is 1. The molecule has 3 heteroatoms. The number of anilines is 2. The van der Waals surface area contributed by atoms with Gasteiger partial charge in [0.2, 0.25) is 0 Å². The predicted octanol–water partition coefficient (Wildman–Crippen LogP) is 1.86. The van der Waals surface area contributed by atoms with Gasteiger partial charge in [0.15, 0.2) is 0 Å². The number of halogens is 1. The average Bonchev–Trinajstić information content (AvgIpc) is 1.88. The highest BCUT2D eigenvalue weighted by molar-refractivity contribution is 6.26. The molecule has 0 heterocycles. The maximum Gasteiger partial charge on any atom is 0.0749 e. The third-order valence-electron chi connectivity index (χ3n) is 1.27. The fraction of sp³-hybridized carbons (Fsp3) is 0.143. The second kappa shape index (κ2) is 2.80. The van der Waals surface area contributed by atoms with Crippen molar-refractivity contribution in [3.63, 3.8) is 0 Å². The van der Waals surface area contributed by atoms with Crippen molar-refractivity contribution in [3.05, 3.63) is 24.3 Å². The van der Waals surface area contributed by atoms with Gasteiger partial charge in [0, 0.05) is 18.8 Å². The summed E-state index contributed by atoms with van der Waals surface area (Å²) in [4.78, 5) is 0. The molecule has 0 aliphatic rings. The summed E-state index contributed by atoms with van der Waals surface area (Å²) >= 11 is 5.66. The van der Waals surface area contributed by atoms with E-state index >= 15 is 0 Å². The molecule has 0 fully saturated rings. The van der Waals surface area contributed by atoms with Crippen LogP contribution >= 0.6 is 11.8 Å². The highest BCUT2D eigenvalue weighted by Crippen LogP contribution is 2.21. The third-order valence-corrected chi connectivity index (χ3v) is 1.45. The smallest absolute Gasteiger partial charge is 0.0749 e. The lowest BCUT2D eigenvalue weighted by molar-refractivity contribution is 1.35. The maximum absolute atomic E-state index is 5.66. The number of nitrogens with zero attached hydrogens (tertiary/aromatic N) is 1. The van der Waals surface area contributed by atoms with Gasteiger partial charge >= 0.3 is 0 Å². The summed E-state index contributed by atoms with van der Waals surface area (Å²) in [5.41, 5.74) is 7.13. The van der Waals surface area contributed by atoms with Crippen LogP contribution in [0, 0.1) is 0 Å². The number of benzene rings is 1. The molecule has 1 rings (SSSR count). The molecule has 1 aromatic rings. The van der Waals surface area contributed by atoms with Gasteiger partial charge in [-0.25, -0.2) is 0 Å². The zero-order valence-corrected chi connectivity index (χ0v) is 6.47. The van der Waals surface area contributed by atoms with Gasteiger partial charge in [0.05, 0.1) is 11.4 Å². The molecule has 0 bridgehead atoms. The molecule has 0 radical (unpaired) electrons. The SMILES string of the molecule is CN(Cl)c1ccccc1N. The predicted molar refractivity (Wildman–Crippen MR) is 45.1 cm³/mol. The monoisotopic (exact) mass is 156 g/mol. The van der Waals surface area contributed by atoms with Crippen LogP contribution in [-0.2, 0) is 0 Å². The molecule has 2 nitrogen and oxygen atoms in total. The Balaban J connectivity index is 3.03. The highest BCUT2D eigenvalue weighted by Gasteiger charge is 1.98. The number of rotatable bonds is 1. The molecule has 0 unspecified atom stereocenters. The normalized spacial score (nSPS) is 9.40. The van der Waals surface area contributed by atoms with Gasteiger partial charge in [-0.05, 0) is 12.1 Å². The van der Waals surface area contributed by atoms with Crippen LogP contribution in [0.1, 0.15) is 0 Å². The van der Waals surface area contributed by atoms with E-state index in [-0.39, 0.29) is 0 Å². The Kier molecular flexibility index (Phi) is 2.02. The summed E-state index contributed by atoms with van der Waals surface area (Å²) in [5.74, 6) is 0. The molecule has 2 N–H and O–H groups in total. The Labute approximate surface area is 65.3 Å². The number of nitrogen functional groups attached to an aromatic ring is 1. The summed E-state index contributed by atoms with van der Waals surface area (Å²) in [6.45, 7) is 0. The van der Waals surface area contributed by atoms with Gasteiger partial charge in [0.1, 0.15) is 0 Å². The molecule has 0 atom stereocenters. The lowest BCUT2D eigenvalue weighted by Gasteiger charge is -2.10. The molecule has 0 spiro atoms. The van der Waals surface area contributed by atoms with Crippen LogP contribution < -0.4 is 10.2 Å².